The van der Waals surface area contributed by atoms with Gasteiger partial charge in [0.05, 0.1) is 13.2 Å². The van der Waals surface area contributed by atoms with Crippen molar-refractivity contribution < 1.29 is 5.11 Å². The second kappa shape index (κ2) is 7.20. The fraction of sp³-hybridized carbons (Fsp3) is 0.800. The van der Waals surface area contributed by atoms with Crippen molar-refractivity contribution in [1.29, 1.82) is 0 Å². The molecule has 0 amide bonds. The number of fused-ring (bicyclic) bond motifs is 1. The molecule has 20 heavy (non-hydrogen) atoms. The first-order valence-electron chi connectivity index (χ1n) is 7.81. The van der Waals surface area contributed by atoms with Gasteiger partial charge in [-0.05, 0) is 32.4 Å². The third kappa shape index (κ3) is 3.59. The van der Waals surface area contributed by atoms with Gasteiger partial charge in [0.15, 0.2) is 0 Å². The van der Waals surface area contributed by atoms with Gasteiger partial charge in [-0.1, -0.05) is 13.8 Å². The molecule has 0 aromatic carbocycles. The van der Waals surface area contributed by atoms with Gasteiger partial charge in [-0.25, -0.2) is 4.98 Å². The summed E-state index contributed by atoms with van der Waals surface area (Å²) in [6, 6.07) is 0. The first-order chi connectivity index (χ1) is 9.73. The van der Waals surface area contributed by atoms with Crippen LogP contribution >= 0.6 is 0 Å². The smallest absolute Gasteiger partial charge is 0.122 e. The Morgan fingerprint density at radius 3 is 2.95 bits per heavy atom. The summed E-state index contributed by atoms with van der Waals surface area (Å²) in [5, 5.41) is 13.1. The lowest BCUT2D eigenvalue weighted by Crippen LogP contribution is -2.48. The number of rotatable bonds is 8. The first-order valence-corrected chi connectivity index (χ1v) is 7.81. The second-order valence-corrected chi connectivity index (χ2v) is 5.74. The molecule has 1 aromatic heterocycles. The average Bonchev–Trinajstić information content (AvgIpc) is 2.94. The number of nitrogens with one attached hydrogen (secondary N) is 1. The highest BCUT2D eigenvalue weighted by molar-refractivity contribution is 4.95. The maximum Gasteiger partial charge on any atom is 0.122 e. The number of aliphatic hydroxyl groups excluding tert-OH is 1. The summed E-state index contributed by atoms with van der Waals surface area (Å²) >= 11 is 0. The molecule has 1 atom stereocenters. The van der Waals surface area contributed by atoms with Crippen molar-refractivity contribution in [2.45, 2.75) is 51.7 Å². The summed E-state index contributed by atoms with van der Waals surface area (Å²) in [5.74, 6) is 1.17. The molecule has 5 nitrogen and oxygen atoms in total. The third-order valence-electron chi connectivity index (χ3n) is 4.48. The minimum Gasteiger partial charge on any atom is -0.394 e. The van der Waals surface area contributed by atoms with Crippen molar-refractivity contribution in [3.05, 3.63) is 18.2 Å². The summed E-state index contributed by atoms with van der Waals surface area (Å²) in [4.78, 5) is 6.86. The monoisotopic (exact) mass is 280 g/mol. The van der Waals surface area contributed by atoms with E-state index < -0.39 is 0 Å². The van der Waals surface area contributed by atoms with Crippen LogP contribution in [0.5, 0.6) is 0 Å². The van der Waals surface area contributed by atoms with E-state index in [0.29, 0.717) is 0 Å². The fourth-order valence-electron chi connectivity index (χ4n) is 3.07. The molecule has 0 radical (unpaired) electrons. The van der Waals surface area contributed by atoms with Crippen molar-refractivity contribution in [2.24, 2.45) is 0 Å². The maximum absolute atomic E-state index is 9.66. The number of likely N-dealkylation sites (N-methyl/N-ethyl adjacent to an activating group) is 1. The number of nitrogens with zero attached hydrogens (tertiary/aromatic N) is 3. The Morgan fingerprint density at radius 2 is 2.25 bits per heavy atom. The van der Waals surface area contributed by atoms with Gasteiger partial charge < -0.3 is 15.0 Å². The Bertz CT molecular complexity index is 400. The van der Waals surface area contributed by atoms with E-state index in [-0.39, 0.29) is 12.1 Å². The van der Waals surface area contributed by atoms with Gasteiger partial charge in [-0.15, -0.1) is 0 Å². The van der Waals surface area contributed by atoms with Crippen LogP contribution in [0, 0.1) is 0 Å². The van der Waals surface area contributed by atoms with E-state index in [9.17, 15) is 5.11 Å². The van der Waals surface area contributed by atoms with Gasteiger partial charge in [0.1, 0.15) is 5.82 Å². The minimum atomic E-state index is -0.0942. The highest BCUT2D eigenvalue weighted by Crippen LogP contribution is 2.18. The van der Waals surface area contributed by atoms with Gasteiger partial charge in [-0.2, -0.15) is 0 Å². The molecule has 1 aromatic rings. The molecule has 114 valence electrons. The van der Waals surface area contributed by atoms with Crippen LogP contribution in [0.25, 0.3) is 0 Å². The van der Waals surface area contributed by atoms with Crippen LogP contribution in [-0.2, 0) is 13.1 Å². The van der Waals surface area contributed by atoms with E-state index in [4.69, 9.17) is 0 Å². The Hall–Kier alpha value is -0.910. The Kier molecular flexibility index (Phi) is 5.57. The Morgan fingerprint density at radius 1 is 1.40 bits per heavy atom. The first kappa shape index (κ1) is 15.5. The van der Waals surface area contributed by atoms with Gasteiger partial charge in [0, 0.05) is 31.0 Å². The molecule has 1 aliphatic heterocycles. The van der Waals surface area contributed by atoms with Gasteiger partial charge in [0.2, 0.25) is 0 Å². The van der Waals surface area contributed by atoms with Crippen LogP contribution in [0.15, 0.2) is 12.4 Å². The molecule has 5 heteroatoms. The summed E-state index contributed by atoms with van der Waals surface area (Å²) in [5.41, 5.74) is -0.0942. The predicted octanol–water partition coefficient (Wildman–Crippen LogP) is 1.23. The van der Waals surface area contributed by atoms with Gasteiger partial charge in [0.25, 0.3) is 0 Å². The number of hydrogen-bond donors (Lipinski definition) is 2. The summed E-state index contributed by atoms with van der Waals surface area (Å²) in [6.07, 6.45) is 7.06. The van der Waals surface area contributed by atoms with E-state index in [1.165, 1.54) is 5.82 Å². The fourth-order valence-corrected chi connectivity index (χ4v) is 3.07. The van der Waals surface area contributed by atoms with E-state index >= 15 is 0 Å². The topological polar surface area (TPSA) is 53.3 Å². The minimum absolute atomic E-state index is 0.0942. The molecular weight excluding hydrogens is 252 g/mol. The largest absolute Gasteiger partial charge is 0.394 e. The van der Waals surface area contributed by atoms with Crippen molar-refractivity contribution in [2.75, 3.05) is 26.2 Å². The number of hydrogen-bond acceptors (Lipinski definition) is 4. The quantitative estimate of drug-likeness (QED) is 0.752. The highest BCUT2D eigenvalue weighted by atomic mass is 16.3. The zero-order valence-corrected chi connectivity index (χ0v) is 12.8. The molecule has 0 saturated carbocycles. The molecule has 0 fully saturated rings. The van der Waals surface area contributed by atoms with Crippen molar-refractivity contribution in [1.82, 2.24) is 19.8 Å². The van der Waals surface area contributed by atoms with E-state index in [1.807, 2.05) is 6.20 Å². The van der Waals surface area contributed by atoms with Crippen LogP contribution < -0.4 is 5.32 Å². The van der Waals surface area contributed by atoms with E-state index in [2.05, 4.69) is 39.8 Å². The summed E-state index contributed by atoms with van der Waals surface area (Å²) in [6.45, 7) is 9.56. The molecular formula is C15H28N4O. The number of aliphatic hydroxyl groups is 1. The predicted molar refractivity (Wildman–Crippen MR) is 80.5 cm³/mol. The lowest BCUT2D eigenvalue weighted by atomic mass is 9.91. The van der Waals surface area contributed by atoms with Crippen LogP contribution in [0.4, 0.5) is 0 Å². The normalized spacial score (nSPS) is 18.8. The van der Waals surface area contributed by atoms with Crippen molar-refractivity contribution in [3.8, 4) is 0 Å². The third-order valence-corrected chi connectivity index (χ3v) is 4.48. The zero-order valence-electron chi connectivity index (χ0n) is 12.8. The number of imidazole rings is 1. The molecule has 0 bridgehead atoms. The summed E-state index contributed by atoms with van der Waals surface area (Å²) in [7, 11) is 0. The van der Waals surface area contributed by atoms with E-state index in [1.54, 1.807) is 0 Å². The van der Waals surface area contributed by atoms with Crippen LogP contribution in [-0.4, -0.2) is 51.3 Å². The zero-order chi connectivity index (χ0) is 14.4. The number of aromatic nitrogens is 2. The highest BCUT2D eigenvalue weighted by Gasteiger charge is 2.26. The maximum atomic E-state index is 9.66. The molecule has 2 N–H and O–H groups in total. The average molecular weight is 280 g/mol. The Balaban J connectivity index is 1.78. The molecule has 1 unspecified atom stereocenters. The van der Waals surface area contributed by atoms with Crippen molar-refractivity contribution in [3.63, 3.8) is 0 Å². The Labute approximate surface area is 122 Å². The van der Waals surface area contributed by atoms with E-state index in [0.717, 1.165) is 52.0 Å². The second-order valence-electron chi connectivity index (χ2n) is 5.74. The standard InChI is InChI=1S/C15H28N4O/c1-3-15(13-20,17-4-2)6-5-8-18-10-11-19-9-7-16-14(19)12-18/h7,9,17,20H,3-6,8,10-13H2,1-2H3. The molecule has 0 spiro atoms. The SMILES string of the molecule is CCNC(CC)(CO)CCCN1CCn2ccnc2C1. The van der Waals surface area contributed by atoms with Crippen LogP contribution in [0.3, 0.4) is 0 Å². The molecule has 1 aliphatic rings. The lowest BCUT2D eigenvalue weighted by molar-refractivity contribution is 0.136. The molecule has 2 heterocycles. The van der Waals surface area contributed by atoms with Crippen LogP contribution in [0.2, 0.25) is 0 Å². The molecule has 2 rings (SSSR count). The molecule has 0 saturated heterocycles. The molecule has 0 aliphatic carbocycles. The lowest BCUT2D eigenvalue weighted by Gasteiger charge is -2.33. The van der Waals surface area contributed by atoms with Crippen LogP contribution in [0.1, 0.15) is 38.9 Å². The summed E-state index contributed by atoms with van der Waals surface area (Å²) < 4.78 is 2.24. The van der Waals surface area contributed by atoms with Gasteiger partial charge in [-0.3, -0.25) is 4.90 Å². The van der Waals surface area contributed by atoms with Gasteiger partial charge >= 0.3 is 0 Å². The van der Waals surface area contributed by atoms with Crippen molar-refractivity contribution >= 4 is 0 Å².